The Bertz CT molecular complexity index is 1260. The number of oxazole rings is 2. The van der Waals surface area contributed by atoms with Crippen LogP contribution in [0.1, 0.15) is 5.56 Å². The summed E-state index contributed by atoms with van der Waals surface area (Å²) in [5.41, 5.74) is 10.3. The van der Waals surface area contributed by atoms with Gasteiger partial charge in [0.2, 0.25) is 11.8 Å². The summed E-state index contributed by atoms with van der Waals surface area (Å²) in [6, 6.07) is 13.4. The normalized spacial score (nSPS) is 11.5. The minimum atomic E-state index is -0.120. The largest absolute Gasteiger partial charge is 0.507 e. The van der Waals surface area contributed by atoms with Crippen LogP contribution in [0.4, 0.5) is 5.69 Å². The van der Waals surface area contributed by atoms with E-state index in [0.717, 1.165) is 5.56 Å². The minimum absolute atomic E-state index is 0.113. The van der Waals surface area contributed by atoms with Crippen molar-refractivity contribution >= 4 is 27.9 Å². The molecule has 0 saturated heterocycles. The molecule has 0 radical (unpaired) electrons. The zero-order valence-corrected chi connectivity index (χ0v) is 14.8. The highest BCUT2D eigenvalue weighted by Gasteiger charge is 2.19. The van der Waals surface area contributed by atoms with Crippen LogP contribution in [0.5, 0.6) is 11.5 Å². The Labute approximate surface area is 158 Å². The molecule has 0 aliphatic rings. The number of aryl methyl sites for hydroxylation is 1. The van der Waals surface area contributed by atoms with Gasteiger partial charge < -0.3 is 24.8 Å². The summed E-state index contributed by atoms with van der Waals surface area (Å²) in [4.78, 5) is 8.74. The Balaban J connectivity index is 1.62. The molecule has 2 heterocycles. The number of nitrogens with two attached hydrogens (primary N) is 1. The summed E-state index contributed by atoms with van der Waals surface area (Å²) in [5, 5.41) is 21.1. The number of rotatable bonds is 2. The number of hydrogen-bond acceptors (Lipinski definition) is 7. The van der Waals surface area contributed by atoms with Crippen LogP contribution in [-0.2, 0) is 0 Å². The molecular formula is C21H15N3O4. The lowest BCUT2D eigenvalue weighted by atomic mass is 10.1. The fraction of sp³-hybridized carbons (Fsp3) is 0.0476. The predicted molar refractivity (Wildman–Crippen MR) is 105 cm³/mol. The van der Waals surface area contributed by atoms with Crippen molar-refractivity contribution in [2.45, 2.75) is 6.92 Å². The number of benzene rings is 3. The van der Waals surface area contributed by atoms with Crippen LogP contribution in [0.15, 0.2) is 57.4 Å². The van der Waals surface area contributed by atoms with Gasteiger partial charge >= 0.3 is 0 Å². The molecule has 0 atom stereocenters. The summed E-state index contributed by atoms with van der Waals surface area (Å²) < 4.78 is 11.4. The summed E-state index contributed by atoms with van der Waals surface area (Å²) >= 11 is 0. The van der Waals surface area contributed by atoms with Gasteiger partial charge in [-0.1, -0.05) is 6.07 Å². The van der Waals surface area contributed by atoms with Crippen molar-refractivity contribution in [1.29, 1.82) is 0 Å². The number of phenols is 2. The summed E-state index contributed by atoms with van der Waals surface area (Å²) in [6.07, 6.45) is 0. The fourth-order valence-electron chi connectivity index (χ4n) is 3.13. The monoisotopic (exact) mass is 373 g/mol. The van der Waals surface area contributed by atoms with Crippen molar-refractivity contribution in [3.05, 3.63) is 54.1 Å². The van der Waals surface area contributed by atoms with E-state index >= 15 is 0 Å². The van der Waals surface area contributed by atoms with Crippen molar-refractivity contribution in [2.24, 2.45) is 0 Å². The smallest absolute Gasteiger partial charge is 0.231 e. The highest BCUT2D eigenvalue weighted by Crippen LogP contribution is 2.40. The van der Waals surface area contributed by atoms with E-state index in [-0.39, 0.29) is 34.4 Å². The van der Waals surface area contributed by atoms with Crippen molar-refractivity contribution in [3.8, 4) is 34.4 Å². The molecule has 138 valence electrons. The molecule has 28 heavy (non-hydrogen) atoms. The quantitative estimate of drug-likeness (QED) is 0.305. The number of fused-ring (bicyclic) bond motifs is 2. The van der Waals surface area contributed by atoms with Gasteiger partial charge in [0.15, 0.2) is 11.2 Å². The second kappa shape index (κ2) is 5.75. The van der Waals surface area contributed by atoms with Crippen LogP contribution >= 0.6 is 0 Å². The molecule has 5 rings (SSSR count). The molecule has 2 aromatic heterocycles. The molecule has 0 fully saturated rings. The average molecular weight is 373 g/mol. The summed E-state index contributed by atoms with van der Waals surface area (Å²) in [6.45, 7) is 1.96. The third-order valence-electron chi connectivity index (χ3n) is 4.53. The molecule has 0 spiro atoms. The average Bonchev–Trinajstić information content (AvgIpc) is 3.26. The SMILES string of the molecule is Cc1ccc2oc(-c3cc(O)c(-c4nc5cc(N)ccc5o4)cc3O)nc2c1. The molecule has 3 aromatic carbocycles. The van der Waals surface area contributed by atoms with Crippen LogP contribution in [0.3, 0.4) is 0 Å². The second-order valence-electron chi connectivity index (χ2n) is 6.62. The minimum Gasteiger partial charge on any atom is -0.507 e. The first-order valence-electron chi connectivity index (χ1n) is 8.58. The van der Waals surface area contributed by atoms with E-state index in [0.29, 0.717) is 27.9 Å². The number of nitrogen functional groups attached to an aromatic ring is 1. The summed E-state index contributed by atoms with van der Waals surface area (Å²) in [5.74, 6) is 0.155. The van der Waals surface area contributed by atoms with E-state index in [4.69, 9.17) is 14.6 Å². The molecule has 7 nitrogen and oxygen atoms in total. The van der Waals surface area contributed by atoms with Gasteiger partial charge in [0.25, 0.3) is 0 Å². The highest BCUT2D eigenvalue weighted by molar-refractivity contribution is 5.83. The Morgan fingerprint density at radius 3 is 1.89 bits per heavy atom. The Morgan fingerprint density at radius 1 is 0.750 bits per heavy atom. The van der Waals surface area contributed by atoms with Gasteiger partial charge in [-0.05, 0) is 55.0 Å². The van der Waals surface area contributed by atoms with E-state index < -0.39 is 0 Å². The lowest BCUT2D eigenvalue weighted by Crippen LogP contribution is -1.85. The summed E-state index contributed by atoms with van der Waals surface area (Å²) in [7, 11) is 0. The molecule has 0 aliphatic carbocycles. The maximum absolute atomic E-state index is 10.5. The van der Waals surface area contributed by atoms with Gasteiger partial charge in [0.1, 0.15) is 22.5 Å². The maximum atomic E-state index is 10.5. The van der Waals surface area contributed by atoms with Crippen LogP contribution in [-0.4, -0.2) is 20.2 Å². The highest BCUT2D eigenvalue weighted by atomic mass is 16.4. The van der Waals surface area contributed by atoms with Crippen molar-refractivity contribution < 1.29 is 19.0 Å². The molecule has 0 saturated carbocycles. The van der Waals surface area contributed by atoms with Gasteiger partial charge in [-0.15, -0.1) is 0 Å². The Hall–Kier alpha value is -4.00. The van der Waals surface area contributed by atoms with Crippen LogP contribution < -0.4 is 5.73 Å². The number of hydrogen-bond donors (Lipinski definition) is 3. The van der Waals surface area contributed by atoms with Crippen LogP contribution in [0.25, 0.3) is 45.1 Å². The second-order valence-corrected chi connectivity index (χ2v) is 6.62. The first kappa shape index (κ1) is 16.2. The van der Waals surface area contributed by atoms with Gasteiger partial charge in [-0.3, -0.25) is 0 Å². The Kier molecular flexibility index (Phi) is 3.33. The van der Waals surface area contributed by atoms with Gasteiger partial charge in [-0.25, -0.2) is 9.97 Å². The fourth-order valence-corrected chi connectivity index (χ4v) is 3.13. The van der Waals surface area contributed by atoms with Crippen molar-refractivity contribution in [1.82, 2.24) is 9.97 Å². The molecule has 0 amide bonds. The van der Waals surface area contributed by atoms with Gasteiger partial charge in [0, 0.05) is 5.69 Å². The number of aromatic nitrogens is 2. The maximum Gasteiger partial charge on any atom is 0.231 e. The molecular weight excluding hydrogens is 358 g/mol. The van der Waals surface area contributed by atoms with Crippen molar-refractivity contribution in [3.63, 3.8) is 0 Å². The van der Waals surface area contributed by atoms with E-state index in [1.54, 1.807) is 18.2 Å². The van der Waals surface area contributed by atoms with E-state index in [1.165, 1.54) is 12.1 Å². The van der Waals surface area contributed by atoms with E-state index in [1.807, 2.05) is 25.1 Å². The predicted octanol–water partition coefficient (Wildman–Crippen LogP) is 4.60. The number of aromatic hydroxyl groups is 2. The molecule has 7 heteroatoms. The Morgan fingerprint density at radius 2 is 1.29 bits per heavy atom. The third-order valence-corrected chi connectivity index (χ3v) is 4.53. The molecule has 0 unspecified atom stereocenters. The molecule has 5 aromatic rings. The van der Waals surface area contributed by atoms with Crippen LogP contribution in [0, 0.1) is 6.92 Å². The number of phenolic OH excluding ortho intramolecular Hbond substituents is 2. The number of nitrogens with zero attached hydrogens (tertiary/aromatic N) is 2. The zero-order valence-electron chi connectivity index (χ0n) is 14.8. The number of anilines is 1. The zero-order chi connectivity index (χ0) is 19.4. The third kappa shape index (κ3) is 2.52. The van der Waals surface area contributed by atoms with Gasteiger partial charge in [0.05, 0.1) is 11.1 Å². The van der Waals surface area contributed by atoms with E-state index in [9.17, 15) is 10.2 Å². The molecule has 4 N–H and O–H groups in total. The van der Waals surface area contributed by atoms with Crippen molar-refractivity contribution in [2.75, 3.05) is 5.73 Å². The van der Waals surface area contributed by atoms with Gasteiger partial charge in [-0.2, -0.15) is 0 Å². The topological polar surface area (TPSA) is 119 Å². The molecule has 0 bridgehead atoms. The first-order valence-corrected chi connectivity index (χ1v) is 8.58. The lowest BCUT2D eigenvalue weighted by Gasteiger charge is -2.05. The lowest BCUT2D eigenvalue weighted by molar-refractivity contribution is 0.458. The standard InChI is InChI=1S/C21H15N3O4/c1-10-2-4-18-14(6-10)23-20(27-18)12-8-17(26)13(9-16(12)25)21-24-15-7-11(22)3-5-19(15)28-21/h2-9,25-26H,22H2,1H3. The molecule has 0 aliphatic heterocycles. The first-order chi connectivity index (χ1) is 13.5. The van der Waals surface area contributed by atoms with E-state index in [2.05, 4.69) is 9.97 Å². The van der Waals surface area contributed by atoms with Crippen LogP contribution in [0.2, 0.25) is 0 Å².